The molecule has 0 atom stereocenters. The molecule has 12 heavy (non-hydrogen) atoms. The fraction of sp³-hybridized carbons (Fsp3) is 0. The number of fused-ring (bicyclic) bond motifs is 1. The molecular weight excluding hydrogens is 153 g/mol. The first-order valence-corrected chi connectivity index (χ1v) is 3.71. The molecule has 2 rings (SSSR count). The monoisotopic (exact) mass is 161 g/mol. The van der Waals surface area contributed by atoms with E-state index in [4.69, 9.17) is 10.0 Å². The Morgan fingerprint density at radius 3 is 2.58 bits per heavy atom. The predicted molar refractivity (Wildman–Crippen MR) is 48.1 cm³/mol. The van der Waals surface area contributed by atoms with Gasteiger partial charge in [-0.3, -0.25) is 0 Å². The first kappa shape index (κ1) is 7.40. The Bertz CT molecular complexity index is 364. The highest BCUT2D eigenvalue weighted by molar-refractivity contribution is 6.58. The number of rotatable bonds is 1. The van der Waals surface area contributed by atoms with E-state index in [2.05, 4.69) is 4.98 Å². The fourth-order valence-electron chi connectivity index (χ4n) is 1.23. The number of benzene rings is 1. The molecule has 1 aromatic heterocycles. The zero-order valence-corrected chi connectivity index (χ0v) is 6.36. The van der Waals surface area contributed by atoms with Gasteiger partial charge in [0.25, 0.3) is 0 Å². The minimum absolute atomic E-state index is 0.427. The van der Waals surface area contributed by atoms with Crippen LogP contribution in [0.2, 0.25) is 0 Å². The van der Waals surface area contributed by atoms with Gasteiger partial charge in [0, 0.05) is 11.1 Å². The molecule has 4 heteroatoms. The van der Waals surface area contributed by atoms with Crippen LogP contribution < -0.4 is 5.59 Å². The van der Waals surface area contributed by atoms with E-state index in [9.17, 15) is 0 Å². The standard InChI is InChI=1S/C8H8BNO2/c11-9(12)8-5-6-3-1-2-4-7(6)10-8/h1-5,10-12H. The van der Waals surface area contributed by atoms with E-state index < -0.39 is 7.12 Å². The Hall–Kier alpha value is -1.26. The van der Waals surface area contributed by atoms with Crippen molar-refractivity contribution >= 4 is 23.6 Å². The molecule has 0 fully saturated rings. The summed E-state index contributed by atoms with van der Waals surface area (Å²) in [6.45, 7) is 0. The van der Waals surface area contributed by atoms with E-state index in [0.29, 0.717) is 5.59 Å². The summed E-state index contributed by atoms with van der Waals surface area (Å²) in [4.78, 5) is 2.90. The summed E-state index contributed by atoms with van der Waals surface area (Å²) >= 11 is 0. The van der Waals surface area contributed by atoms with Crippen molar-refractivity contribution in [1.82, 2.24) is 4.98 Å². The molecular formula is C8H8BNO2. The van der Waals surface area contributed by atoms with Crippen LogP contribution in [-0.2, 0) is 0 Å². The molecule has 0 bridgehead atoms. The number of nitrogens with one attached hydrogen (secondary N) is 1. The second-order valence-corrected chi connectivity index (χ2v) is 2.69. The van der Waals surface area contributed by atoms with Crippen molar-refractivity contribution in [3.63, 3.8) is 0 Å². The third kappa shape index (κ3) is 1.11. The zero-order valence-electron chi connectivity index (χ0n) is 6.36. The largest absolute Gasteiger partial charge is 0.505 e. The summed E-state index contributed by atoms with van der Waals surface area (Å²) in [5.74, 6) is 0. The highest BCUT2D eigenvalue weighted by Crippen LogP contribution is 2.08. The Morgan fingerprint density at radius 1 is 1.17 bits per heavy atom. The number of aromatic nitrogens is 1. The lowest BCUT2D eigenvalue weighted by atomic mass is 9.87. The van der Waals surface area contributed by atoms with Crippen LogP contribution in [0.15, 0.2) is 30.3 Å². The lowest BCUT2D eigenvalue weighted by Crippen LogP contribution is -2.30. The predicted octanol–water partition coefficient (Wildman–Crippen LogP) is -0.152. The van der Waals surface area contributed by atoms with Crippen LogP contribution in [0.1, 0.15) is 0 Å². The minimum Gasteiger partial charge on any atom is -0.422 e. The van der Waals surface area contributed by atoms with Crippen molar-refractivity contribution in [2.45, 2.75) is 0 Å². The number of para-hydroxylation sites is 1. The zero-order chi connectivity index (χ0) is 8.55. The Morgan fingerprint density at radius 2 is 1.92 bits per heavy atom. The fourth-order valence-corrected chi connectivity index (χ4v) is 1.23. The molecule has 1 heterocycles. The average molecular weight is 161 g/mol. The topological polar surface area (TPSA) is 56.2 Å². The Kier molecular flexibility index (Phi) is 1.64. The molecule has 0 unspecified atom stereocenters. The summed E-state index contributed by atoms with van der Waals surface area (Å²) in [6.07, 6.45) is 0. The maximum atomic E-state index is 8.85. The first-order valence-electron chi connectivity index (χ1n) is 3.71. The van der Waals surface area contributed by atoms with Gasteiger partial charge in [-0.15, -0.1) is 0 Å². The number of H-pyrrole nitrogens is 1. The van der Waals surface area contributed by atoms with Crippen LogP contribution in [0.4, 0.5) is 0 Å². The number of hydrogen-bond acceptors (Lipinski definition) is 2. The lowest BCUT2D eigenvalue weighted by molar-refractivity contribution is 0.424. The molecule has 2 aromatic rings. The quantitative estimate of drug-likeness (QED) is 0.509. The Labute approximate surface area is 69.8 Å². The molecule has 3 N–H and O–H groups in total. The summed E-state index contributed by atoms with van der Waals surface area (Å²) < 4.78 is 0. The van der Waals surface area contributed by atoms with Crippen LogP contribution in [0.5, 0.6) is 0 Å². The summed E-state index contributed by atoms with van der Waals surface area (Å²) in [7, 11) is -1.42. The molecule has 0 saturated carbocycles. The molecule has 0 aliphatic rings. The molecule has 0 aliphatic heterocycles. The van der Waals surface area contributed by atoms with E-state index in [1.807, 2.05) is 24.3 Å². The summed E-state index contributed by atoms with van der Waals surface area (Å²) in [5.41, 5.74) is 1.34. The van der Waals surface area contributed by atoms with Crippen molar-refractivity contribution in [2.75, 3.05) is 0 Å². The Balaban J connectivity index is 2.62. The van der Waals surface area contributed by atoms with Crippen molar-refractivity contribution in [3.05, 3.63) is 30.3 Å². The van der Waals surface area contributed by atoms with Crippen LogP contribution in [-0.4, -0.2) is 22.2 Å². The highest BCUT2D eigenvalue weighted by atomic mass is 16.4. The van der Waals surface area contributed by atoms with Gasteiger partial charge < -0.3 is 15.0 Å². The van der Waals surface area contributed by atoms with E-state index in [-0.39, 0.29) is 0 Å². The van der Waals surface area contributed by atoms with Crippen molar-refractivity contribution in [2.24, 2.45) is 0 Å². The number of hydrogen-bond donors (Lipinski definition) is 3. The molecule has 0 spiro atoms. The smallest absolute Gasteiger partial charge is 0.422 e. The SMILES string of the molecule is OB(O)c1cc2ccccc2[nH]1. The second kappa shape index (κ2) is 2.66. The van der Waals surface area contributed by atoms with Crippen molar-refractivity contribution < 1.29 is 10.0 Å². The molecule has 60 valence electrons. The van der Waals surface area contributed by atoms with E-state index >= 15 is 0 Å². The molecule has 0 saturated heterocycles. The first-order chi connectivity index (χ1) is 5.77. The van der Waals surface area contributed by atoms with Gasteiger partial charge in [-0.05, 0) is 17.5 Å². The maximum absolute atomic E-state index is 8.85. The second-order valence-electron chi connectivity index (χ2n) is 2.69. The van der Waals surface area contributed by atoms with Gasteiger partial charge in [0.15, 0.2) is 0 Å². The van der Waals surface area contributed by atoms with Gasteiger partial charge in [0.1, 0.15) is 0 Å². The van der Waals surface area contributed by atoms with Crippen molar-refractivity contribution in [3.8, 4) is 0 Å². The molecule has 1 aromatic carbocycles. The van der Waals surface area contributed by atoms with E-state index in [1.54, 1.807) is 6.07 Å². The molecule has 0 amide bonds. The van der Waals surface area contributed by atoms with Gasteiger partial charge in [0.05, 0.1) is 0 Å². The normalized spacial score (nSPS) is 10.5. The molecule has 3 nitrogen and oxygen atoms in total. The van der Waals surface area contributed by atoms with Crippen LogP contribution in [0.25, 0.3) is 10.9 Å². The average Bonchev–Trinajstić information content (AvgIpc) is 2.46. The van der Waals surface area contributed by atoms with Crippen LogP contribution >= 0.6 is 0 Å². The van der Waals surface area contributed by atoms with E-state index in [0.717, 1.165) is 10.9 Å². The van der Waals surface area contributed by atoms with Gasteiger partial charge >= 0.3 is 7.12 Å². The summed E-state index contributed by atoms with van der Waals surface area (Å²) in [5, 5.41) is 18.7. The lowest BCUT2D eigenvalue weighted by Gasteiger charge is -1.89. The molecule has 0 radical (unpaired) electrons. The van der Waals surface area contributed by atoms with Crippen molar-refractivity contribution in [1.29, 1.82) is 0 Å². The maximum Gasteiger partial charge on any atom is 0.505 e. The van der Waals surface area contributed by atoms with Crippen LogP contribution in [0, 0.1) is 0 Å². The van der Waals surface area contributed by atoms with E-state index in [1.165, 1.54) is 0 Å². The van der Waals surface area contributed by atoms with Gasteiger partial charge in [-0.2, -0.15) is 0 Å². The third-order valence-corrected chi connectivity index (χ3v) is 1.83. The highest BCUT2D eigenvalue weighted by Gasteiger charge is 2.12. The van der Waals surface area contributed by atoms with Gasteiger partial charge in [-0.1, -0.05) is 18.2 Å². The van der Waals surface area contributed by atoms with Crippen LogP contribution in [0.3, 0.4) is 0 Å². The van der Waals surface area contributed by atoms with Gasteiger partial charge in [-0.25, -0.2) is 0 Å². The minimum atomic E-state index is -1.42. The van der Waals surface area contributed by atoms with Gasteiger partial charge in [0.2, 0.25) is 0 Å². The molecule has 0 aliphatic carbocycles. The summed E-state index contributed by atoms with van der Waals surface area (Å²) in [6, 6.07) is 9.33. The third-order valence-electron chi connectivity index (χ3n) is 1.83. The number of aromatic amines is 1.